The second-order valence-electron chi connectivity index (χ2n) is 6.43. The van der Waals surface area contributed by atoms with Crippen molar-refractivity contribution in [2.45, 2.75) is 13.5 Å². The molecule has 3 aromatic rings. The monoisotopic (exact) mass is 462 g/mol. The van der Waals surface area contributed by atoms with Gasteiger partial charge in [-0.2, -0.15) is 5.10 Å². The van der Waals surface area contributed by atoms with Crippen molar-refractivity contribution in [3.05, 3.63) is 85.6 Å². The molecule has 0 aliphatic rings. The number of rotatable bonds is 7. The average Bonchev–Trinajstić information content (AvgIpc) is 3.01. The highest BCUT2D eigenvalue weighted by Gasteiger charge is 2.23. The first-order valence-corrected chi connectivity index (χ1v) is 9.69. The number of benzene rings is 2. The molecule has 1 N–H and O–H groups in total. The fourth-order valence-electron chi connectivity index (χ4n) is 2.74. The number of carbonyl (C=O) groups is 2. The lowest BCUT2D eigenvalue weighted by atomic mass is 10.2. The van der Waals surface area contributed by atoms with Crippen LogP contribution < -0.4 is 5.32 Å². The second kappa shape index (κ2) is 9.59. The number of nitrogens with one attached hydrogen (secondary N) is 1. The molecule has 0 saturated heterocycles. The first kappa shape index (κ1) is 22.3. The van der Waals surface area contributed by atoms with E-state index in [-0.39, 0.29) is 22.9 Å². The maximum absolute atomic E-state index is 12.5. The fraction of sp³-hybridized carbons (Fsp3) is 0.150. The van der Waals surface area contributed by atoms with Gasteiger partial charge in [-0.05, 0) is 30.7 Å². The maximum atomic E-state index is 12.5. The van der Waals surface area contributed by atoms with Crippen LogP contribution in [0, 0.1) is 17.0 Å². The van der Waals surface area contributed by atoms with Crippen LogP contribution in [0.4, 0.5) is 11.4 Å². The number of amides is 1. The van der Waals surface area contributed by atoms with Crippen molar-refractivity contribution in [1.82, 2.24) is 9.78 Å². The molecule has 0 bridgehead atoms. The summed E-state index contributed by atoms with van der Waals surface area (Å²) in [5.74, 6) is -1.41. The SMILES string of the molecule is Cc1nn(Cc2ccccc2Cl)c(Cl)c1C(=O)OCC(=O)Nc1ccc([N+](=O)[O-])cc1. The summed E-state index contributed by atoms with van der Waals surface area (Å²) in [5.41, 5.74) is 1.39. The van der Waals surface area contributed by atoms with Gasteiger partial charge in [-0.3, -0.25) is 14.9 Å². The summed E-state index contributed by atoms with van der Waals surface area (Å²) in [6, 6.07) is 12.4. The molecular formula is C20H16Cl2N4O5. The van der Waals surface area contributed by atoms with Crippen LogP contribution in [0.15, 0.2) is 48.5 Å². The molecule has 9 nitrogen and oxygen atoms in total. The second-order valence-corrected chi connectivity index (χ2v) is 7.19. The van der Waals surface area contributed by atoms with Crippen molar-refractivity contribution in [1.29, 1.82) is 0 Å². The molecule has 1 aromatic heterocycles. The lowest BCUT2D eigenvalue weighted by Crippen LogP contribution is -2.21. The van der Waals surface area contributed by atoms with Crippen LogP contribution in [-0.2, 0) is 16.1 Å². The zero-order valence-corrected chi connectivity index (χ0v) is 17.7. The van der Waals surface area contributed by atoms with Crippen LogP contribution >= 0.6 is 23.2 Å². The highest BCUT2D eigenvalue weighted by Crippen LogP contribution is 2.24. The smallest absolute Gasteiger partial charge is 0.343 e. The number of non-ortho nitro benzene ring substituents is 1. The Morgan fingerprint density at radius 1 is 1.16 bits per heavy atom. The lowest BCUT2D eigenvalue weighted by molar-refractivity contribution is -0.384. The Labute approximate surface area is 186 Å². The highest BCUT2D eigenvalue weighted by molar-refractivity contribution is 6.33. The van der Waals surface area contributed by atoms with Gasteiger partial charge in [0.2, 0.25) is 0 Å². The van der Waals surface area contributed by atoms with E-state index < -0.39 is 23.4 Å². The molecular weight excluding hydrogens is 447 g/mol. The van der Waals surface area contributed by atoms with Crippen LogP contribution in [-0.4, -0.2) is 33.2 Å². The van der Waals surface area contributed by atoms with Gasteiger partial charge in [-0.1, -0.05) is 41.4 Å². The lowest BCUT2D eigenvalue weighted by Gasteiger charge is -2.07. The van der Waals surface area contributed by atoms with Gasteiger partial charge in [0, 0.05) is 22.8 Å². The third kappa shape index (κ3) is 5.39. The molecule has 0 aliphatic carbocycles. The van der Waals surface area contributed by atoms with E-state index in [2.05, 4.69) is 10.4 Å². The van der Waals surface area contributed by atoms with Gasteiger partial charge in [0.15, 0.2) is 6.61 Å². The third-order valence-corrected chi connectivity index (χ3v) is 5.00. The predicted molar refractivity (Wildman–Crippen MR) is 115 cm³/mol. The molecule has 0 aliphatic heterocycles. The van der Waals surface area contributed by atoms with Gasteiger partial charge in [0.05, 0.1) is 17.2 Å². The van der Waals surface area contributed by atoms with E-state index in [0.29, 0.717) is 16.4 Å². The normalized spacial score (nSPS) is 10.5. The molecule has 31 heavy (non-hydrogen) atoms. The Kier molecular flexibility index (Phi) is 6.88. The standard InChI is InChI=1S/C20H16Cl2N4O5/c1-12-18(19(22)25(24-12)10-13-4-2-3-5-16(13)21)20(28)31-11-17(27)23-14-6-8-15(9-7-14)26(29)30/h2-9H,10-11H2,1H3,(H,23,27). The molecule has 0 saturated carbocycles. The molecule has 160 valence electrons. The summed E-state index contributed by atoms with van der Waals surface area (Å²) in [4.78, 5) is 34.6. The van der Waals surface area contributed by atoms with Crippen molar-refractivity contribution >= 4 is 46.5 Å². The summed E-state index contributed by atoms with van der Waals surface area (Å²) in [5, 5.41) is 18.0. The molecule has 3 rings (SSSR count). The van der Waals surface area contributed by atoms with Crippen LogP contribution in [0.1, 0.15) is 21.6 Å². The zero-order chi connectivity index (χ0) is 22.5. The number of hydrogen-bond donors (Lipinski definition) is 1. The number of anilines is 1. The predicted octanol–water partition coefficient (Wildman–Crippen LogP) is 4.25. The molecule has 1 amide bonds. The fourth-order valence-corrected chi connectivity index (χ4v) is 3.25. The number of carbonyl (C=O) groups excluding carboxylic acids is 2. The van der Waals surface area contributed by atoms with Gasteiger partial charge in [0.1, 0.15) is 10.7 Å². The van der Waals surface area contributed by atoms with Crippen LogP contribution in [0.2, 0.25) is 10.2 Å². The number of hydrogen-bond acceptors (Lipinski definition) is 6. The summed E-state index contributed by atoms with van der Waals surface area (Å²) in [6.07, 6.45) is 0. The van der Waals surface area contributed by atoms with Crippen molar-refractivity contribution in [2.24, 2.45) is 0 Å². The van der Waals surface area contributed by atoms with Crippen molar-refractivity contribution < 1.29 is 19.2 Å². The highest BCUT2D eigenvalue weighted by atomic mass is 35.5. The Hall–Kier alpha value is -3.43. The van der Waals surface area contributed by atoms with Gasteiger partial charge in [-0.15, -0.1) is 0 Å². The molecule has 0 fully saturated rings. The number of ether oxygens (including phenoxy) is 1. The molecule has 0 radical (unpaired) electrons. The maximum Gasteiger partial charge on any atom is 0.343 e. The Bertz CT molecular complexity index is 1140. The largest absolute Gasteiger partial charge is 0.452 e. The molecule has 2 aromatic carbocycles. The number of nitro groups is 1. The Morgan fingerprint density at radius 3 is 2.48 bits per heavy atom. The number of nitrogens with zero attached hydrogens (tertiary/aromatic N) is 3. The van der Waals surface area contributed by atoms with Crippen LogP contribution in [0.3, 0.4) is 0 Å². The number of nitro benzene ring substituents is 1. The van der Waals surface area contributed by atoms with Crippen molar-refractivity contribution in [3.8, 4) is 0 Å². The quantitative estimate of drug-likeness (QED) is 0.318. The van der Waals surface area contributed by atoms with Crippen LogP contribution in [0.25, 0.3) is 0 Å². The molecule has 11 heteroatoms. The van der Waals surface area contributed by atoms with E-state index in [0.717, 1.165) is 5.56 Å². The van der Waals surface area contributed by atoms with Crippen LogP contribution in [0.5, 0.6) is 0 Å². The van der Waals surface area contributed by atoms with Crippen molar-refractivity contribution in [2.75, 3.05) is 11.9 Å². The topological polar surface area (TPSA) is 116 Å². The minimum atomic E-state index is -0.799. The van der Waals surface area contributed by atoms with Gasteiger partial charge in [-0.25, -0.2) is 9.48 Å². The zero-order valence-electron chi connectivity index (χ0n) is 16.2. The number of halogens is 2. The summed E-state index contributed by atoms with van der Waals surface area (Å²) in [7, 11) is 0. The summed E-state index contributed by atoms with van der Waals surface area (Å²) in [6.45, 7) is 1.29. The minimum Gasteiger partial charge on any atom is -0.452 e. The van der Waals surface area contributed by atoms with E-state index in [1.807, 2.05) is 12.1 Å². The van der Waals surface area contributed by atoms with E-state index in [4.69, 9.17) is 27.9 Å². The molecule has 0 unspecified atom stereocenters. The van der Waals surface area contributed by atoms with E-state index >= 15 is 0 Å². The third-order valence-electron chi connectivity index (χ3n) is 4.24. The van der Waals surface area contributed by atoms with Gasteiger partial charge < -0.3 is 10.1 Å². The number of aryl methyl sites for hydroxylation is 1. The van der Waals surface area contributed by atoms with E-state index in [1.54, 1.807) is 19.1 Å². The molecule has 1 heterocycles. The van der Waals surface area contributed by atoms with Crippen molar-refractivity contribution in [3.63, 3.8) is 0 Å². The van der Waals surface area contributed by atoms with Gasteiger partial charge >= 0.3 is 5.97 Å². The summed E-state index contributed by atoms with van der Waals surface area (Å²) >= 11 is 12.5. The Balaban J connectivity index is 1.62. The number of aromatic nitrogens is 2. The molecule has 0 atom stereocenters. The summed E-state index contributed by atoms with van der Waals surface area (Å²) < 4.78 is 6.47. The average molecular weight is 463 g/mol. The minimum absolute atomic E-state index is 0.0526. The van der Waals surface area contributed by atoms with E-state index in [1.165, 1.54) is 28.9 Å². The number of esters is 1. The Morgan fingerprint density at radius 2 is 1.84 bits per heavy atom. The van der Waals surface area contributed by atoms with Gasteiger partial charge in [0.25, 0.3) is 11.6 Å². The molecule has 0 spiro atoms. The first-order chi connectivity index (χ1) is 14.8. The first-order valence-electron chi connectivity index (χ1n) is 8.94. The van der Waals surface area contributed by atoms with E-state index in [9.17, 15) is 19.7 Å².